The van der Waals surface area contributed by atoms with Crippen LogP contribution in [0.2, 0.25) is 0 Å². The summed E-state index contributed by atoms with van der Waals surface area (Å²) in [6.45, 7) is 11.1. The molecule has 1 saturated carbocycles. The normalized spacial score (nSPS) is 25.2. The third-order valence-electron chi connectivity index (χ3n) is 3.77. The number of carbonyl (C=O) groups is 2. The predicted octanol–water partition coefficient (Wildman–Crippen LogP) is 3.40. The molecule has 0 aliphatic heterocycles. The van der Waals surface area contributed by atoms with Crippen LogP contribution in [0.1, 0.15) is 60.8 Å². The van der Waals surface area contributed by atoms with Crippen molar-refractivity contribution in [3.05, 3.63) is 11.1 Å². The molecule has 0 radical (unpaired) electrons. The fourth-order valence-electron chi connectivity index (χ4n) is 3.14. The lowest BCUT2D eigenvalue weighted by Crippen LogP contribution is -2.35. The fourth-order valence-corrected chi connectivity index (χ4v) is 3.14. The van der Waals surface area contributed by atoms with E-state index in [1.807, 2.05) is 41.5 Å². The van der Waals surface area contributed by atoms with Crippen LogP contribution < -0.4 is 0 Å². The zero-order valence-electron chi connectivity index (χ0n) is 13.9. The van der Waals surface area contributed by atoms with Crippen molar-refractivity contribution >= 4 is 11.9 Å². The minimum Gasteiger partial charge on any atom is -0.459 e. The van der Waals surface area contributed by atoms with Gasteiger partial charge in [0.25, 0.3) is 0 Å². The largest absolute Gasteiger partial charge is 0.459 e. The van der Waals surface area contributed by atoms with Crippen molar-refractivity contribution in [1.82, 2.24) is 0 Å². The van der Waals surface area contributed by atoms with Crippen LogP contribution in [0.4, 0.5) is 0 Å². The smallest absolute Gasteiger partial charge is 0.335 e. The third-order valence-corrected chi connectivity index (χ3v) is 3.77. The summed E-state index contributed by atoms with van der Waals surface area (Å²) in [6, 6.07) is 0. The van der Waals surface area contributed by atoms with Gasteiger partial charge in [-0.3, -0.25) is 4.79 Å². The summed E-state index contributed by atoms with van der Waals surface area (Å²) >= 11 is 0. The SMILES string of the molecule is CC(C)(C)OC(=O)C1=C2CCC(C2)C1C(=O)OC(C)(C)C. The first-order valence-corrected chi connectivity index (χ1v) is 7.66. The molecule has 0 aromatic heterocycles. The lowest BCUT2D eigenvalue weighted by atomic mass is 9.86. The van der Waals surface area contributed by atoms with Gasteiger partial charge in [0.1, 0.15) is 11.2 Å². The van der Waals surface area contributed by atoms with Crippen molar-refractivity contribution in [1.29, 1.82) is 0 Å². The molecule has 2 bridgehead atoms. The van der Waals surface area contributed by atoms with Crippen LogP contribution in [0.25, 0.3) is 0 Å². The van der Waals surface area contributed by atoms with Gasteiger partial charge in [-0.2, -0.15) is 0 Å². The molecule has 2 atom stereocenters. The number of fused-ring (bicyclic) bond motifs is 2. The molecule has 0 aromatic carbocycles. The zero-order valence-corrected chi connectivity index (χ0v) is 13.9. The van der Waals surface area contributed by atoms with E-state index >= 15 is 0 Å². The molecule has 2 aliphatic carbocycles. The van der Waals surface area contributed by atoms with Crippen molar-refractivity contribution in [2.75, 3.05) is 0 Å². The molecule has 2 unspecified atom stereocenters. The average molecular weight is 294 g/mol. The summed E-state index contributed by atoms with van der Waals surface area (Å²) in [5, 5.41) is 0. The number of hydrogen-bond acceptors (Lipinski definition) is 4. The molecule has 2 rings (SSSR count). The Morgan fingerprint density at radius 1 is 1.00 bits per heavy atom. The number of ether oxygens (including phenoxy) is 2. The van der Waals surface area contributed by atoms with E-state index in [0.717, 1.165) is 24.8 Å². The van der Waals surface area contributed by atoms with Crippen LogP contribution in [0.5, 0.6) is 0 Å². The van der Waals surface area contributed by atoms with E-state index in [1.165, 1.54) is 0 Å². The van der Waals surface area contributed by atoms with Gasteiger partial charge in [-0.25, -0.2) is 4.79 Å². The first-order chi connectivity index (χ1) is 9.48. The van der Waals surface area contributed by atoms with E-state index in [4.69, 9.17) is 9.47 Å². The Hall–Kier alpha value is -1.32. The van der Waals surface area contributed by atoms with E-state index < -0.39 is 17.1 Å². The van der Waals surface area contributed by atoms with Gasteiger partial charge in [0.05, 0.1) is 11.5 Å². The monoisotopic (exact) mass is 294 g/mol. The highest BCUT2D eigenvalue weighted by Crippen LogP contribution is 2.49. The quantitative estimate of drug-likeness (QED) is 0.732. The van der Waals surface area contributed by atoms with E-state index in [2.05, 4.69) is 0 Å². The van der Waals surface area contributed by atoms with Crippen LogP contribution in [0.15, 0.2) is 11.1 Å². The molecule has 0 aromatic rings. The fraction of sp³-hybridized carbons (Fsp3) is 0.765. The van der Waals surface area contributed by atoms with Crippen LogP contribution in [-0.2, 0) is 19.1 Å². The van der Waals surface area contributed by atoms with Gasteiger partial charge in [-0.1, -0.05) is 5.57 Å². The molecule has 118 valence electrons. The molecule has 2 aliphatic rings. The Balaban J connectivity index is 2.22. The Morgan fingerprint density at radius 3 is 2.10 bits per heavy atom. The van der Waals surface area contributed by atoms with Crippen LogP contribution in [-0.4, -0.2) is 23.1 Å². The maximum atomic E-state index is 12.5. The highest BCUT2D eigenvalue weighted by atomic mass is 16.6. The number of carbonyl (C=O) groups excluding carboxylic acids is 2. The van der Waals surface area contributed by atoms with Crippen LogP contribution in [0.3, 0.4) is 0 Å². The summed E-state index contributed by atoms with van der Waals surface area (Å²) < 4.78 is 11.0. The molecule has 4 heteroatoms. The van der Waals surface area contributed by atoms with Gasteiger partial charge >= 0.3 is 11.9 Å². The molecular weight excluding hydrogens is 268 g/mol. The van der Waals surface area contributed by atoms with Gasteiger partial charge in [0.2, 0.25) is 0 Å². The summed E-state index contributed by atoms with van der Waals surface area (Å²) in [7, 11) is 0. The standard InChI is InChI=1S/C17H26O4/c1-16(2,3)20-14(18)12-10-7-8-11(9-10)13(12)15(19)21-17(4,5)6/h10,12H,7-9H2,1-6H3. The summed E-state index contributed by atoms with van der Waals surface area (Å²) in [4.78, 5) is 24.9. The molecular formula is C17H26O4. The third kappa shape index (κ3) is 3.66. The molecule has 0 spiro atoms. The summed E-state index contributed by atoms with van der Waals surface area (Å²) in [6.07, 6.45) is 2.70. The lowest BCUT2D eigenvalue weighted by molar-refractivity contribution is -0.163. The average Bonchev–Trinajstić information content (AvgIpc) is 2.82. The van der Waals surface area contributed by atoms with Gasteiger partial charge < -0.3 is 9.47 Å². The van der Waals surface area contributed by atoms with E-state index in [1.54, 1.807) is 0 Å². The lowest BCUT2D eigenvalue weighted by Gasteiger charge is -2.28. The van der Waals surface area contributed by atoms with E-state index in [0.29, 0.717) is 5.57 Å². The number of allylic oxidation sites excluding steroid dienone is 1. The highest BCUT2D eigenvalue weighted by molar-refractivity contribution is 5.98. The maximum Gasteiger partial charge on any atom is 0.335 e. The molecule has 0 saturated heterocycles. The van der Waals surface area contributed by atoms with E-state index in [9.17, 15) is 9.59 Å². The summed E-state index contributed by atoms with van der Waals surface area (Å²) in [5.74, 6) is -0.876. The predicted molar refractivity (Wildman–Crippen MR) is 79.5 cm³/mol. The van der Waals surface area contributed by atoms with Crippen molar-refractivity contribution in [3.63, 3.8) is 0 Å². The Kier molecular flexibility index (Phi) is 3.94. The first kappa shape index (κ1) is 16.1. The van der Waals surface area contributed by atoms with Crippen molar-refractivity contribution in [2.24, 2.45) is 11.8 Å². The Morgan fingerprint density at radius 2 is 1.57 bits per heavy atom. The topological polar surface area (TPSA) is 52.6 Å². The second-order valence-electron chi connectivity index (χ2n) is 8.03. The number of esters is 2. The van der Waals surface area contributed by atoms with Gasteiger partial charge in [-0.15, -0.1) is 0 Å². The summed E-state index contributed by atoms with van der Waals surface area (Å²) in [5.41, 5.74) is 0.564. The van der Waals surface area contributed by atoms with Gasteiger partial charge in [0.15, 0.2) is 0 Å². The molecule has 0 heterocycles. The Labute approximate surface area is 126 Å². The van der Waals surface area contributed by atoms with Crippen molar-refractivity contribution in [2.45, 2.75) is 72.0 Å². The minimum absolute atomic E-state index is 0.206. The number of rotatable bonds is 2. The van der Waals surface area contributed by atoms with Gasteiger partial charge in [-0.05, 0) is 66.7 Å². The van der Waals surface area contributed by atoms with Crippen LogP contribution >= 0.6 is 0 Å². The minimum atomic E-state index is -0.551. The molecule has 0 N–H and O–H groups in total. The first-order valence-electron chi connectivity index (χ1n) is 7.66. The maximum absolute atomic E-state index is 12.5. The van der Waals surface area contributed by atoms with Crippen LogP contribution in [0, 0.1) is 11.8 Å². The van der Waals surface area contributed by atoms with Crippen molar-refractivity contribution < 1.29 is 19.1 Å². The number of hydrogen-bond donors (Lipinski definition) is 0. The molecule has 21 heavy (non-hydrogen) atoms. The zero-order chi connectivity index (χ0) is 16.0. The molecule has 4 nitrogen and oxygen atoms in total. The Bertz CT molecular complexity index is 488. The second-order valence-corrected chi connectivity index (χ2v) is 8.03. The van der Waals surface area contributed by atoms with Crippen molar-refractivity contribution in [3.8, 4) is 0 Å². The highest BCUT2D eigenvalue weighted by Gasteiger charge is 2.48. The van der Waals surface area contributed by atoms with E-state index in [-0.39, 0.29) is 17.9 Å². The molecule has 0 amide bonds. The second kappa shape index (κ2) is 5.15. The molecule has 1 fully saturated rings. The van der Waals surface area contributed by atoms with Gasteiger partial charge in [0, 0.05) is 0 Å².